The number of rotatable bonds is 7. The van der Waals surface area contributed by atoms with Gasteiger partial charge in [0.05, 0.1) is 20.0 Å². The number of hydrogen-bond donors (Lipinski definition) is 0. The lowest BCUT2D eigenvalue weighted by Gasteiger charge is -2.58. The molecular formula is C27H37NO6S. The maximum atomic E-state index is 12.1. The number of piperidine rings is 1. The standard InChI is InChI=1S/C27H37NO6S/c1-31-20-7-6-17-12-21-26-9-10-27(32-2,18(13-26)15-33-35(3,29)30)25-23(22(17)24(20)34-25)19(26)8-11-28(21)14-16-4-5-16/h6-7,16,18-19,21,23,25H,4-5,8-15H2,1-3H3/t18-,19?,21?,23?,25-,26+,27-/m1/s1. The molecule has 1 saturated heterocycles. The molecule has 5 aliphatic carbocycles. The summed E-state index contributed by atoms with van der Waals surface area (Å²) in [6.07, 6.45) is 8.79. The van der Waals surface area contributed by atoms with Crippen LogP contribution in [0.1, 0.15) is 55.6 Å². The fourth-order valence-electron chi connectivity index (χ4n) is 9.07. The van der Waals surface area contributed by atoms with Gasteiger partial charge in [0.25, 0.3) is 10.1 Å². The lowest BCUT2D eigenvalue weighted by molar-refractivity contribution is -0.166. The number of likely N-dealkylation sites (tertiary alicyclic amines) is 1. The van der Waals surface area contributed by atoms with Crippen LogP contribution in [0.25, 0.3) is 0 Å². The van der Waals surface area contributed by atoms with E-state index in [9.17, 15) is 8.42 Å². The zero-order chi connectivity index (χ0) is 24.2. The molecule has 3 unspecified atom stereocenters. The average Bonchev–Trinajstić information content (AvgIpc) is 3.60. The fraction of sp³-hybridized carbons (Fsp3) is 0.778. The first-order valence-electron chi connectivity index (χ1n) is 13.3. The van der Waals surface area contributed by atoms with E-state index in [1.165, 1.54) is 30.5 Å². The summed E-state index contributed by atoms with van der Waals surface area (Å²) in [6.45, 7) is 2.49. The predicted octanol–water partition coefficient (Wildman–Crippen LogP) is 3.36. The summed E-state index contributed by atoms with van der Waals surface area (Å²) < 4.78 is 48.7. The summed E-state index contributed by atoms with van der Waals surface area (Å²) in [6, 6.07) is 4.81. The molecule has 7 aliphatic rings. The van der Waals surface area contributed by atoms with Crippen LogP contribution in [0.4, 0.5) is 0 Å². The molecule has 1 aromatic rings. The van der Waals surface area contributed by atoms with E-state index >= 15 is 0 Å². The topological polar surface area (TPSA) is 74.3 Å². The smallest absolute Gasteiger partial charge is 0.264 e. The molecule has 5 bridgehead atoms. The first kappa shape index (κ1) is 22.8. The summed E-state index contributed by atoms with van der Waals surface area (Å²) >= 11 is 0. The van der Waals surface area contributed by atoms with Crippen molar-refractivity contribution in [3.05, 3.63) is 23.3 Å². The highest BCUT2D eigenvalue weighted by Gasteiger charge is 2.71. The number of ether oxygens (including phenoxy) is 3. The van der Waals surface area contributed by atoms with E-state index in [1.54, 1.807) is 14.2 Å². The molecule has 192 valence electrons. The molecule has 0 aromatic heterocycles. The number of benzene rings is 1. The van der Waals surface area contributed by atoms with Gasteiger partial charge in [-0.15, -0.1) is 0 Å². The molecule has 7 nitrogen and oxygen atoms in total. The van der Waals surface area contributed by atoms with E-state index in [2.05, 4.69) is 17.0 Å². The van der Waals surface area contributed by atoms with Crippen LogP contribution in [0.5, 0.6) is 11.5 Å². The van der Waals surface area contributed by atoms with Crippen molar-refractivity contribution in [1.82, 2.24) is 4.90 Å². The molecule has 8 heteroatoms. The molecule has 5 fully saturated rings. The molecule has 2 heterocycles. The third-order valence-electron chi connectivity index (χ3n) is 10.6. The first-order chi connectivity index (χ1) is 16.8. The highest BCUT2D eigenvalue weighted by molar-refractivity contribution is 7.85. The average molecular weight is 504 g/mol. The second-order valence-corrected chi connectivity index (χ2v) is 13.7. The Hall–Kier alpha value is -1.35. The number of methoxy groups -OCH3 is 2. The van der Waals surface area contributed by atoms with Gasteiger partial charge in [-0.1, -0.05) is 6.07 Å². The Bertz CT molecular complexity index is 1150. The number of hydrogen-bond acceptors (Lipinski definition) is 7. The Kier molecular flexibility index (Phi) is 4.95. The van der Waals surface area contributed by atoms with Crippen LogP contribution in [0, 0.1) is 23.2 Å². The van der Waals surface area contributed by atoms with Gasteiger partial charge in [0.1, 0.15) is 11.7 Å². The van der Waals surface area contributed by atoms with Crippen LogP contribution >= 0.6 is 0 Å². The third-order valence-corrected chi connectivity index (χ3v) is 11.2. The van der Waals surface area contributed by atoms with E-state index < -0.39 is 15.7 Å². The van der Waals surface area contributed by atoms with Crippen LogP contribution in [0.3, 0.4) is 0 Å². The Balaban J connectivity index is 1.42. The van der Waals surface area contributed by atoms with Crippen LogP contribution in [-0.4, -0.2) is 71.2 Å². The molecule has 0 radical (unpaired) electrons. The minimum atomic E-state index is -3.55. The quantitative estimate of drug-likeness (QED) is 0.528. The van der Waals surface area contributed by atoms with E-state index in [0.717, 1.165) is 62.3 Å². The van der Waals surface area contributed by atoms with Crippen molar-refractivity contribution < 1.29 is 26.8 Å². The van der Waals surface area contributed by atoms with Gasteiger partial charge in [0.15, 0.2) is 11.5 Å². The second kappa shape index (κ2) is 7.59. The molecule has 4 saturated carbocycles. The van der Waals surface area contributed by atoms with Crippen LogP contribution < -0.4 is 9.47 Å². The van der Waals surface area contributed by atoms with Crippen molar-refractivity contribution in [3.8, 4) is 11.5 Å². The maximum Gasteiger partial charge on any atom is 0.264 e. The Labute approximate surface area is 208 Å². The Morgan fingerprint density at radius 3 is 2.71 bits per heavy atom. The molecule has 1 aromatic carbocycles. The van der Waals surface area contributed by atoms with E-state index in [0.29, 0.717) is 12.0 Å². The van der Waals surface area contributed by atoms with Gasteiger partial charge in [0.2, 0.25) is 0 Å². The minimum Gasteiger partial charge on any atom is -0.493 e. The molecule has 8 rings (SSSR count). The molecule has 0 N–H and O–H groups in total. The highest BCUT2D eigenvalue weighted by Crippen LogP contribution is 2.70. The van der Waals surface area contributed by atoms with Crippen LogP contribution in [0.15, 0.2) is 12.1 Å². The van der Waals surface area contributed by atoms with Crippen molar-refractivity contribution in [1.29, 1.82) is 0 Å². The maximum absolute atomic E-state index is 12.1. The van der Waals surface area contributed by atoms with Crippen molar-refractivity contribution in [2.75, 3.05) is 40.2 Å². The van der Waals surface area contributed by atoms with Gasteiger partial charge in [-0.25, -0.2) is 0 Å². The summed E-state index contributed by atoms with van der Waals surface area (Å²) in [5.74, 6) is 3.22. The second-order valence-electron chi connectivity index (χ2n) is 12.1. The summed E-state index contributed by atoms with van der Waals surface area (Å²) in [4.78, 5) is 2.81. The van der Waals surface area contributed by atoms with E-state index in [-0.39, 0.29) is 30.0 Å². The zero-order valence-corrected chi connectivity index (χ0v) is 21.8. The summed E-state index contributed by atoms with van der Waals surface area (Å²) in [7, 11) is -0.0566. The third kappa shape index (κ3) is 3.15. The molecular weight excluding hydrogens is 466 g/mol. The zero-order valence-electron chi connectivity index (χ0n) is 21.0. The Morgan fingerprint density at radius 2 is 2.00 bits per heavy atom. The molecule has 2 aliphatic heterocycles. The lowest BCUT2D eigenvalue weighted by Crippen LogP contribution is -2.61. The van der Waals surface area contributed by atoms with Gasteiger partial charge >= 0.3 is 0 Å². The monoisotopic (exact) mass is 503 g/mol. The Morgan fingerprint density at radius 1 is 1.17 bits per heavy atom. The van der Waals surface area contributed by atoms with E-state index in [4.69, 9.17) is 18.4 Å². The van der Waals surface area contributed by atoms with Gasteiger partial charge < -0.3 is 14.2 Å². The van der Waals surface area contributed by atoms with Crippen molar-refractivity contribution in [3.63, 3.8) is 0 Å². The minimum absolute atomic E-state index is 0.0429. The molecule has 7 atom stereocenters. The fourth-order valence-corrected chi connectivity index (χ4v) is 9.48. The van der Waals surface area contributed by atoms with Gasteiger partial charge in [-0.3, -0.25) is 9.08 Å². The number of fused-ring (bicyclic) bond motifs is 2. The molecule has 35 heavy (non-hydrogen) atoms. The van der Waals surface area contributed by atoms with Crippen molar-refractivity contribution in [2.45, 2.75) is 68.6 Å². The van der Waals surface area contributed by atoms with Crippen molar-refractivity contribution in [2.24, 2.45) is 23.2 Å². The predicted molar refractivity (Wildman–Crippen MR) is 130 cm³/mol. The normalized spacial score (nSPS) is 41.3. The summed E-state index contributed by atoms with van der Waals surface area (Å²) in [5.41, 5.74) is 2.28. The van der Waals surface area contributed by atoms with Gasteiger partial charge in [-0.2, -0.15) is 8.42 Å². The van der Waals surface area contributed by atoms with Crippen LogP contribution in [-0.2, 0) is 25.5 Å². The van der Waals surface area contributed by atoms with Crippen molar-refractivity contribution >= 4 is 10.1 Å². The van der Waals surface area contributed by atoms with E-state index in [1.807, 2.05) is 0 Å². The van der Waals surface area contributed by atoms with Crippen LogP contribution in [0.2, 0.25) is 0 Å². The number of nitrogens with zero attached hydrogens (tertiary/aromatic N) is 1. The molecule has 0 amide bonds. The summed E-state index contributed by atoms with van der Waals surface area (Å²) in [5, 5.41) is 0. The SMILES string of the molecule is COc1ccc2c3c1O[C@@H]1C3C3CCN(CC4CC4)C(C2)[C@]32CC[C@@]1(OC)[C@@H](COS(C)(=O)=O)C2. The first-order valence-corrected chi connectivity index (χ1v) is 15.1. The lowest BCUT2D eigenvalue weighted by atomic mass is 9.55. The van der Waals surface area contributed by atoms with Gasteiger partial charge in [0, 0.05) is 37.1 Å². The molecule has 1 spiro atoms. The van der Waals surface area contributed by atoms with Gasteiger partial charge in [-0.05, 0) is 80.4 Å². The highest BCUT2D eigenvalue weighted by atomic mass is 32.2. The largest absolute Gasteiger partial charge is 0.493 e.